The number of hydrazone groups is 1. The minimum Gasteiger partial charge on any atom is -0.488 e. The highest BCUT2D eigenvalue weighted by Crippen LogP contribution is 2.24. The van der Waals surface area contributed by atoms with E-state index in [1.807, 2.05) is 18.2 Å². The second-order valence-corrected chi connectivity index (χ2v) is 6.84. The first-order valence-electron chi connectivity index (χ1n) is 8.32. The quantitative estimate of drug-likeness (QED) is 0.439. The Hall–Kier alpha value is -2.57. The van der Waals surface area contributed by atoms with Crippen LogP contribution in [0, 0.1) is 0 Å². The van der Waals surface area contributed by atoms with Gasteiger partial charge >= 0.3 is 11.8 Å². The zero-order valence-electron chi connectivity index (χ0n) is 14.2. The number of para-hydroxylation sites is 1. The summed E-state index contributed by atoms with van der Waals surface area (Å²) in [5.41, 5.74) is 3.72. The van der Waals surface area contributed by atoms with E-state index in [1.54, 1.807) is 24.3 Å². The average Bonchev–Trinajstić information content (AvgIpc) is 3.47. The molecule has 27 heavy (non-hydrogen) atoms. The molecule has 0 unspecified atom stereocenters. The number of carbonyl (C=O) groups excluding carboxylic acids is 2. The predicted octanol–water partition coefficient (Wildman–Crippen LogP) is 3.30. The maximum absolute atomic E-state index is 11.7. The molecule has 6 nitrogen and oxygen atoms in total. The van der Waals surface area contributed by atoms with Crippen molar-refractivity contribution in [3.8, 4) is 5.75 Å². The van der Waals surface area contributed by atoms with Crippen molar-refractivity contribution in [2.24, 2.45) is 5.10 Å². The van der Waals surface area contributed by atoms with Gasteiger partial charge in [0.05, 0.1) is 16.3 Å². The molecule has 0 aliphatic heterocycles. The molecule has 1 aliphatic rings. The van der Waals surface area contributed by atoms with Gasteiger partial charge in [0.15, 0.2) is 0 Å². The molecule has 1 saturated carbocycles. The van der Waals surface area contributed by atoms with Gasteiger partial charge in [-0.05, 0) is 42.7 Å². The largest absolute Gasteiger partial charge is 0.488 e. The second-order valence-electron chi connectivity index (χ2n) is 6.02. The summed E-state index contributed by atoms with van der Waals surface area (Å²) >= 11 is 11.9. The van der Waals surface area contributed by atoms with Crippen LogP contribution in [0.5, 0.6) is 5.75 Å². The van der Waals surface area contributed by atoms with Crippen LogP contribution >= 0.6 is 23.2 Å². The molecule has 8 heteroatoms. The molecule has 1 aliphatic carbocycles. The van der Waals surface area contributed by atoms with Gasteiger partial charge in [0.1, 0.15) is 12.4 Å². The Morgan fingerprint density at radius 2 is 1.89 bits per heavy atom. The first-order valence-corrected chi connectivity index (χ1v) is 9.08. The molecule has 2 N–H and O–H groups in total. The van der Waals surface area contributed by atoms with Crippen molar-refractivity contribution in [1.29, 1.82) is 0 Å². The highest BCUT2D eigenvalue weighted by Gasteiger charge is 2.26. The van der Waals surface area contributed by atoms with E-state index in [0.29, 0.717) is 21.4 Å². The molecule has 0 aromatic heterocycles. The van der Waals surface area contributed by atoms with Crippen molar-refractivity contribution in [3.63, 3.8) is 0 Å². The molecule has 2 aromatic rings. The van der Waals surface area contributed by atoms with Gasteiger partial charge in [0.2, 0.25) is 0 Å². The van der Waals surface area contributed by atoms with E-state index in [2.05, 4.69) is 15.8 Å². The summed E-state index contributed by atoms with van der Waals surface area (Å²) in [5.74, 6) is -0.907. The van der Waals surface area contributed by atoms with Crippen LogP contribution in [0.4, 0.5) is 0 Å². The third kappa shape index (κ3) is 5.70. The maximum Gasteiger partial charge on any atom is 0.329 e. The Morgan fingerprint density at radius 3 is 2.63 bits per heavy atom. The molecular weight excluding hydrogens is 389 g/mol. The van der Waals surface area contributed by atoms with Crippen LogP contribution in [0.2, 0.25) is 10.0 Å². The summed E-state index contributed by atoms with van der Waals surface area (Å²) in [6, 6.07) is 12.6. The Balaban J connectivity index is 1.58. The Morgan fingerprint density at radius 1 is 1.11 bits per heavy atom. The fraction of sp³-hybridized carbons (Fsp3) is 0.211. The molecule has 0 radical (unpaired) electrons. The van der Waals surface area contributed by atoms with Gasteiger partial charge in [-0.1, -0.05) is 41.4 Å². The van der Waals surface area contributed by atoms with Gasteiger partial charge in [0.25, 0.3) is 0 Å². The number of rotatable bonds is 6. The fourth-order valence-corrected chi connectivity index (χ4v) is 2.52. The lowest BCUT2D eigenvalue weighted by Gasteiger charge is -2.09. The lowest BCUT2D eigenvalue weighted by molar-refractivity contribution is -0.139. The summed E-state index contributed by atoms with van der Waals surface area (Å²) in [7, 11) is 0. The van der Waals surface area contributed by atoms with Gasteiger partial charge in [-0.15, -0.1) is 0 Å². The zero-order valence-corrected chi connectivity index (χ0v) is 15.8. The van der Waals surface area contributed by atoms with E-state index in [0.717, 1.165) is 18.4 Å². The van der Waals surface area contributed by atoms with Crippen LogP contribution in [0.1, 0.15) is 24.0 Å². The fourth-order valence-electron chi connectivity index (χ4n) is 2.20. The van der Waals surface area contributed by atoms with Crippen LogP contribution in [-0.4, -0.2) is 24.1 Å². The third-order valence-electron chi connectivity index (χ3n) is 3.79. The molecule has 140 valence electrons. The van der Waals surface area contributed by atoms with Crippen molar-refractivity contribution in [2.45, 2.75) is 25.5 Å². The molecule has 0 atom stereocenters. The summed E-state index contributed by atoms with van der Waals surface area (Å²) in [6.07, 6.45) is 3.24. The monoisotopic (exact) mass is 405 g/mol. The van der Waals surface area contributed by atoms with Crippen LogP contribution in [-0.2, 0) is 16.2 Å². The van der Waals surface area contributed by atoms with E-state index < -0.39 is 11.8 Å². The summed E-state index contributed by atoms with van der Waals surface area (Å²) in [5, 5.41) is 7.36. The van der Waals surface area contributed by atoms with E-state index in [1.165, 1.54) is 6.21 Å². The van der Waals surface area contributed by atoms with Gasteiger partial charge < -0.3 is 10.1 Å². The average molecular weight is 406 g/mol. The summed E-state index contributed by atoms with van der Waals surface area (Å²) < 4.78 is 5.80. The third-order valence-corrected chi connectivity index (χ3v) is 4.52. The number of nitrogens with zero attached hydrogens (tertiary/aromatic N) is 1. The minimum absolute atomic E-state index is 0.114. The lowest BCUT2D eigenvalue weighted by Crippen LogP contribution is -2.38. The molecule has 2 amide bonds. The van der Waals surface area contributed by atoms with Crippen LogP contribution < -0.4 is 15.5 Å². The molecular formula is C19H17Cl2N3O3. The van der Waals surface area contributed by atoms with E-state index >= 15 is 0 Å². The SMILES string of the molecule is O=C(N/N=C\c1ccccc1OCc1ccc(Cl)c(Cl)c1)C(=O)NC1CC1. The Labute approximate surface area is 166 Å². The van der Waals surface area contributed by atoms with Crippen LogP contribution in [0.25, 0.3) is 0 Å². The molecule has 1 fully saturated rings. The predicted molar refractivity (Wildman–Crippen MR) is 104 cm³/mol. The van der Waals surface area contributed by atoms with Crippen molar-refractivity contribution in [3.05, 3.63) is 63.6 Å². The standard InChI is InChI=1S/C19H17Cl2N3O3/c20-15-8-5-12(9-16(15)21)11-27-17-4-2-1-3-13(17)10-22-24-19(26)18(25)23-14-6-7-14/h1-5,8-10,14H,6-7,11H2,(H,23,25)(H,24,26)/b22-10-. The molecule has 0 spiro atoms. The second kappa shape index (κ2) is 8.88. The van der Waals surface area contributed by atoms with Crippen molar-refractivity contribution >= 4 is 41.2 Å². The van der Waals surface area contributed by atoms with E-state index in [9.17, 15) is 9.59 Å². The maximum atomic E-state index is 11.7. The number of hydrogen-bond acceptors (Lipinski definition) is 4. The van der Waals surface area contributed by atoms with E-state index in [-0.39, 0.29) is 12.6 Å². The van der Waals surface area contributed by atoms with Gasteiger partial charge in [-0.25, -0.2) is 5.43 Å². The van der Waals surface area contributed by atoms with Crippen molar-refractivity contribution in [1.82, 2.24) is 10.7 Å². The molecule has 0 bridgehead atoms. The smallest absolute Gasteiger partial charge is 0.329 e. The topological polar surface area (TPSA) is 79.8 Å². The summed E-state index contributed by atoms with van der Waals surface area (Å²) in [4.78, 5) is 23.2. The first-order chi connectivity index (χ1) is 13.0. The first kappa shape index (κ1) is 19.2. The molecule has 3 rings (SSSR count). The number of halogens is 2. The summed E-state index contributed by atoms with van der Waals surface area (Å²) in [6.45, 7) is 0.290. The molecule has 0 saturated heterocycles. The highest BCUT2D eigenvalue weighted by molar-refractivity contribution is 6.42. The molecule has 0 heterocycles. The normalized spacial score (nSPS) is 13.4. The Bertz CT molecular complexity index is 882. The van der Waals surface area contributed by atoms with Gasteiger partial charge in [0, 0.05) is 11.6 Å². The number of hydrogen-bond donors (Lipinski definition) is 2. The number of carbonyl (C=O) groups is 2. The number of nitrogens with one attached hydrogen (secondary N) is 2. The molecule has 2 aromatic carbocycles. The number of benzene rings is 2. The Kier molecular flexibility index (Phi) is 6.32. The van der Waals surface area contributed by atoms with Crippen molar-refractivity contribution in [2.75, 3.05) is 0 Å². The number of amides is 2. The van der Waals surface area contributed by atoms with E-state index in [4.69, 9.17) is 27.9 Å². The van der Waals surface area contributed by atoms with Crippen LogP contribution in [0.3, 0.4) is 0 Å². The zero-order chi connectivity index (χ0) is 19.2. The minimum atomic E-state index is -0.799. The van der Waals surface area contributed by atoms with Crippen LogP contribution in [0.15, 0.2) is 47.6 Å². The highest BCUT2D eigenvalue weighted by atomic mass is 35.5. The van der Waals surface area contributed by atoms with Gasteiger partial charge in [-0.3, -0.25) is 9.59 Å². The van der Waals surface area contributed by atoms with Gasteiger partial charge in [-0.2, -0.15) is 5.10 Å². The number of ether oxygens (including phenoxy) is 1. The lowest BCUT2D eigenvalue weighted by atomic mass is 10.2. The van der Waals surface area contributed by atoms with Crippen molar-refractivity contribution < 1.29 is 14.3 Å².